The van der Waals surface area contributed by atoms with Crippen LogP contribution in [-0.4, -0.2) is 14.5 Å². The highest BCUT2D eigenvalue weighted by molar-refractivity contribution is 9.10. The molecule has 0 radical (unpaired) electrons. The molecule has 1 unspecified atom stereocenters. The van der Waals surface area contributed by atoms with Crippen molar-refractivity contribution in [3.05, 3.63) is 22.7 Å². The molecule has 0 fully saturated rings. The number of nitrogens with two attached hydrogens (primary N) is 1. The second kappa shape index (κ2) is 6.54. The zero-order valence-corrected chi connectivity index (χ0v) is 13.0. The number of unbranched alkanes of at least 4 members (excludes halogenated alkanes) is 1. The van der Waals surface area contributed by atoms with Crippen LogP contribution in [0.1, 0.15) is 33.1 Å². The van der Waals surface area contributed by atoms with E-state index in [-0.39, 0.29) is 10.9 Å². The molecule has 0 aromatic heterocycles. The first-order chi connectivity index (χ1) is 8.36. The van der Waals surface area contributed by atoms with Crippen LogP contribution < -0.4 is 10.5 Å². The molecular formula is C12H19BrN2O2S. The van der Waals surface area contributed by atoms with Gasteiger partial charge in [0.1, 0.15) is 0 Å². The van der Waals surface area contributed by atoms with Gasteiger partial charge in [-0.15, -0.1) is 0 Å². The zero-order valence-electron chi connectivity index (χ0n) is 10.6. The minimum absolute atomic E-state index is 0.0696. The van der Waals surface area contributed by atoms with Gasteiger partial charge in [0, 0.05) is 16.2 Å². The van der Waals surface area contributed by atoms with Gasteiger partial charge in [-0.3, -0.25) is 0 Å². The fourth-order valence-electron chi connectivity index (χ4n) is 1.59. The molecule has 0 aliphatic heterocycles. The van der Waals surface area contributed by atoms with Gasteiger partial charge in [-0.25, -0.2) is 13.1 Å². The lowest BCUT2D eigenvalue weighted by Gasteiger charge is -2.14. The first kappa shape index (κ1) is 15.5. The number of hydrogen-bond acceptors (Lipinski definition) is 3. The van der Waals surface area contributed by atoms with E-state index in [1.807, 2.05) is 6.92 Å². The Morgan fingerprint density at radius 1 is 1.44 bits per heavy atom. The monoisotopic (exact) mass is 334 g/mol. The lowest BCUT2D eigenvalue weighted by Crippen LogP contribution is -2.32. The van der Waals surface area contributed by atoms with Gasteiger partial charge in [0.05, 0.1) is 4.90 Å². The summed E-state index contributed by atoms with van der Waals surface area (Å²) in [6.07, 6.45) is 2.89. The third-order valence-corrected chi connectivity index (χ3v) is 4.93. The fraction of sp³-hybridized carbons (Fsp3) is 0.500. The van der Waals surface area contributed by atoms with Crippen molar-refractivity contribution < 1.29 is 8.42 Å². The molecule has 1 rings (SSSR count). The molecule has 0 saturated heterocycles. The second-order valence-electron chi connectivity index (χ2n) is 4.35. The number of sulfonamides is 1. The van der Waals surface area contributed by atoms with E-state index in [4.69, 9.17) is 5.73 Å². The van der Waals surface area contributed by atoms with Crippen molar-refractivity contribution in [3.8, 4) is 0 Å². The Balaban J connectivity index is 2.83. The Bertz CT molecular complexity index is 503. The minimum atomic E-state index is -3.48. The van der Waals surface area contributed by atoms with Gasteiger partial charge in [0.25, 0.3) is 0 Å². The van der Waals surface area contributed by atoms with Crippen LogP contribution in [0, 0.1) is 0 Å². The Labute approximate surface area is 117 Å². The van der Waals surface area contributed by atoms with E-state index in [2.05, 4.69) is 27.6 Å². The molecule has 4 nitrogen and oxygen atoms in total. The fourth-order valence-corrected chi connectivity index (χ4v) is 3.15. The van der Waals surface area contributed by atoms with E-state index in [0.29, 0.717) is 10.2 Å². The van der Waals surface area contributed by atoms with Gasteiger partial charge in [-0.1, -0.05) is 19.8 Å². The molecule has 0 aliphatic rings. The predicted octanol–water partition coefficient (Wildman–Crippen LogP) is 2.89. The van der Waals surface area contributed by atoms with Crippen molar-refractivity contribution in [2.24, 2.45) is 0 Å². The summed E-state index contributed by atoms with van der Waals surface area (Å²) in [5.74, 6) is 0. The average Bonchev–Trinajstić information content (AvgIpc) is 2.29. The quantitative estimate of drug-likeness (QED) is 0.785. The minimum Gasteiger partial charge on any atom is -0.398 e. The molecule has 1 aromatic rings. The number of anilines is 1. The highest BCUT2D eigenvalue weighted by Gasteiger charge is 2.17. The molecule has 0 heterocycles. The van der Waals surface area contributed by atoms with Crippen molar-refractivity contribution >= 4 is 31.6 Å². The summed E-state index contributed by atoms with van der Waals surface area (Å²) < 4.78 is 27.5. The summed E-state index contributed by atoms with van der Waals surface area (Å²) in [6, 6.07) is 4.56. The van der Waals surface area contributed by atoms with Crippen molar-refractivity contribution in [1.82, 2.24) is 4.72 Å². The average molecular weight is 335 g/mol. The topological polar surface area (TPSA) is 72.2 Å². The lowest BCUT2D eigenvalue weighted by atomic mass is 10.2. The third-order valence-electron chi connectivity index (χ3n) is 2.62. The number of hydrogen-bond donors (Lipinski definition) is 2. The standard InChI is InChI=1S/C12H19BrN2O2S/c1-3-4-5-9(2)15-18(16,17)10-6-7-11(13)12(14)8-10/h6-9,15H,3-5,14H2,1-2H3. The summed E-state index contributed by atoms with van der Waals surface area (Å²) in [7, 11) is -3.48. The third kappa shape index (κ3) is 4.26. The Morgan fingerprint density at radius 2 is 2.11 bits per heavy atom. The largest absolute Gasteiger partial charge is 0.398 e. The van der Waals surface area contributed by atoms with E-state index in [9.17, 15) is 8.42 Å². The van der Waals surface area contributed by atoms with E-state index < -0.39 is 10.0 Å². The smallest absolute Gasteiger partial charge is 0.240 e. The molecule has 102 valence electrons. The molecule has 18 heavy (non-hydrogen) atoms. The van der Waals surface area contributed by atoms with Crippen LogP contribution in [-0.2, 0) is 10.0 Å². The SMILES string of the molecule is CCCCC(C)NS(=O)(=O)c1ccc(Br)c(N)c1. The van der Waals surface area contributed by atoms with Crippen molar-refractivity contribution in [3.63, 3.8) is 0 Å². The van der Waals surface area contributed by atoms with Crippen LogP contribution >= 0.6 is 15.9 Å². The molecule has 1 aromatic carbocycles. The molecule has 3 N–H and O–H groups in total. The normalized spacial score (nSPS) is 13.5. The van der Waals surface area contributed by atoms with Crippen LogP contribution in [0.25, 0.3) is 0 Å². The molecule has 1 atom stereocenters. The summed E-state index contributed by atoms with van der Waals surface area (Å²) in [5.41, 5.74) is 6.11. The van der Waals surface area contributed by atoms with Gasteiger partial charge < -0.3 is 5.73 Å². The number of benzene rings is 1. The number of halogens is 1. The summed E-state index contributed by atoms with van der Waals surface area (Å²) >= 11 is 3.24. The molecule has 0 spiro atoms. The van der Waals surface area contributed by atoms with Crippen molar-refractivity contribution in [2.45, 2.75) is 44.0 Å². The van der Waals surface area contributed by atoms with E-state index in [1.165, 1.54) is 12.1 Å². The van der Waals surface area contributed by atoms with Crippen molar-refractivity contribution in [2.75, 3.05) is 5.73 Å². The van der Waals surface area contributed by atoms with Gasteiger partial charge >= 0.3 is 0 Å². The Morgan fingerprint density at radius 3 is 2.67 bits per heavy atom. The Hall–Kier alpha value is -0.590. The molecule has 0 amide bonds. The zero-order chi connectivity index (χ0) is 13.8. The summed E-state index contributed by atoms with van der Waals surface area (Å²) in [6.45, 7) is 3.95. The maximum atomic E-state index is 12.1. The molecule has 6 heteroatoms. The van der Waals surface area contributed by atoms with Gasteiger partial charge in [0.15, 0.2) is 0 Å². The second-order valence-corrected chi connectivity index (χ2v) is 6.92. The first-order valence-corrected chi connectivity index (χ1v) is 8.21. The van der Waals surface area contributed by atoms with E-state index in [0.717, 1.165) is 19.3 Å². The predicted molar refractivity (Wildman–Crippen MR) is 77.9 cm³/mol. The van der Waals surface area contributed by atoms with E-state index in [1.54, 1.807) is 6.07 Å². The van der Waals surface area contributed by atoms with Crippen LogP contribution in [0.2, 0.25) is 0 Å². The Kier molecular flexibility index (Phi) is 5.62. The number of nitrogen functional groups attached to an aromatic ring is 1. The highest BCUT2D eigenvalue weighted by Crippen LogP contribution is 2.22. The van der Waals surface area contributed by atoms with Gasteiger partial charge in [-0.05, 0) is 47.5 Å². The van der Waals surface area contributed by atoms with Crippen LogP contribution in [0.4, 0.5) is 5.69 Å². The van der Waals surface area contributed by atoms with Gasteiger partial charge in [-0.2, -0.15) is 0 Å². The maximum absolute atomic E-state index is 12.1. The molecule has 0 saturated carbocycles. The van der Waals surface area contributed by atoms with E-state index >= 15 is 0 Å². The number of nitrogens with one attached hydrogen (secondary N) is 1. The first-order valence-electron chi connectivity index (χ1n) is 5.94. The van der Waals surface area contributed by atoms with Crippen LogP contribution in [0.5, 0.6) is 0 Å². The lowest BCUT2D eigenvalue weighted by molar-refractivity contribution is 0.534. The summed E-state index contributed by atoms with van der Waals surface area (Å²) in [5, 5.41) is 0. The summed E-state index contributed by atoms with van der Waals surface area (Å²) in [4.78, 5) is 0.201. The van der Waals surface area contributed by atoms with Crippen LogP contribution in [0.3, 0.4) is 0 Å². The molecule has 0 bridgehead atoms. The van der Waals surface area contributed by atoms with Gasteiger partial charge in [0.2, 0.25) is 10.0 Å². The maximum Gasteiger partial charge on any atom is 0.240 e. The molecule has 0 aliphatic carbocycles. The number of rotatable bonds is 6. The van der Waals surface area contributed by atoms with Crippen LogP contribution in [0.15, 0.2) is 27.6 Å². The van der Waals surface area contributed by atoms with Crippen molar-refractivity contribution in [1.29, 1.82) is 0 Å². The molecular weight excluding hydrogens is 316 g/mol. The highest BCUT2D eigenvalue weighted by atomic mass is 79.9.